The lowest BCUT2D eigenvalue weighted by Crippen LogP contribution is -2.33. The van der Waals surface area contributed by atoms with E-state index in [1.807, 2.05) is 0 Å². The standard InChI is InChI=1S/C25H20ClFN4O4/c26-18-8-4-16(5-9-18)12-22(32)28-14-23(33)29-20-2-1-3-21(13-20)34-15-24-30-31-25(35-24)17-6-10-19(27)11-7-17/h1-11,13H,12,14-15H2,(H,28,32)(H,29,33). The summed E-state index contributed by atoms with van der Waals surface area (Å²) < 4.78 is 24.3. The summed E-state index contributed by atoms with van der Waals surface area (Å²) in [6.45, 7) is -0.169. The first-order chi connectivity index (χ1) is 16.9. The van der Waals surface area contributed by atoms with Gasteiger partial charge in [-0.25, -0.2) is 4.39 Å². The fourth-order valence-electron chi connectivity index (χ4n) is 3.06. The highest BCUT2D eigenvalue weighted by Crippen LogP contribution is 2.21. The van der Waals surface area contributed by atoms with Gasteiger partial charge < -0.3 is 19.8 Å². The van der Waals surface area contributed by atoms with Gasteiger partial charge in [-0.3, -0.25) is 9.59 Å². The van der Waals surface area contributed by atoms with Gasteiger partial charge in [0.15, 0.2) is 6.61 Å². The highest BCUT2D eigenvalue weighted by Gasteiger charge is 2.11. The van der Waals surface area contributed by atoms with Crippen molar-refractivity contribution in [3.63, 3.8) is 0 Å². The number of ether oxygens (including phenoxy) is 1. The van der Waals surface area contributed by atoms with Gasteiger partial charge >= 0.3 is 0 Å². The fourth-order valence-corrected chi connectivity index (χ4v) is 3.19. The number of amides is 2. The highest BCUT2D eigenvalue weighted by molar-refractivity contribution is 6.30. The second-order valence-electron chi connectivity index (χ2n) is 7.45. The molecule has 0 fully saturated rings. The van der Waals surface area contributed by atoms with E-state index in [2.05, 4.69) is 20.8 Å². The Labute approximate surface area is 205 Å². The highest BCUT2D eigenvalue weighted by atomic mass is 35.5. The zero-order valence-corrected chi connectivity index (χ0v) is 19.1. The van der Waals surface area contributed by atoms with Gasteiger partial charge in [-0.2, -0.15) is 0 Å². The zero-order valence-electron chi connectivity index (χ0n) is 18.3. The van der Waals surface area contributed by atoms with Crippen LogP contribution in [0, 0.1) is 5.82 Å². The van der Waals surface area contributed by atoms with E-state index in [0.29, 0.717) is 22.0 Å². The van der Waals surface area contributed by atoms with Crippen molar-refractivity contribution in [2.75, 3.05) is 11.9 Å². The van der Waals surface area contributed by atoms with E-state index >= 15 is 0 Å². The summed E-state index contributed by atoms with van der Waals surface area (Å²) in [7, 11) is 0. The minimum atomic E-state index is -0.382. The van der Waals surface area contributed by atoms with Crippen LogP contribution in [0.1, 0.15) is 11.5 Å². The molecule has 1 heterocycles. The first kappa shape index (κ1) is 23.9. The second kappa shape index (κ2) is 11.3. The Morgan fingerprint density at radius 3 is 2.51 bits per heavy atom. The summed E-state index contributed by atoms with van der Waals surface area (Å²) in [5.74, 6) is -0.0586. The Bertz CT molecular complexity index is 1310. The lowest BCUT2D eigenvalue weighted by atomic mass is 10.1. The molecule has 35 heavy (non-hydrogen) atoms. The normalized spacial score (nSPS) is 10.6. The number of rotatable bonds is 9. The number of aromatic nitrogens is 2. The van der Waals surface area contributed by atoms with Gasteiger partial charge in [-0.05, 0) is 54.1 Å². The van der Waals surface area contributed by atoms with E-state index < -0.39 is 0 Å². The van der Waals surface area contributed by atoms with Crippen LogP contribution in [0.25, 0.3) is 11.5 Å². The Morgan fingerprint density at radius 1 is 0.971 bits per heavy atom. The average Bonchev–Trinajstić information content (AvgIpc) is 3.33. The summed E-state index contributed by atoms with van der Waals surface area (Å²) in [4.78, 5) is 24.3. The molecule has 0 spiro atoms. The largest absolute Gasteiger partial charge is 0.484 e. The second-order valence-corrected chi connectivity index (χ2v) is 7.89. The van der Waals surface area contributed by atoms with Gasteiger partial charge in [0, 0.05) is 22.3 Å². The summed E-state index contributed by atoms with van der Waals surface area (Å²) in [5, 5.41) is 13.7. The van der Waals surface area contributed by atoms with Crippen molar-refractivity contribution in [2.24, 2.45) is 0 Å². The van der Waals surface area contributed by atoms with Crippen molar-refractivity contribution in [2.45, 2.75) is 13.0 Å². The molecule has 178 valence electrons. The number of anilines is 1. The predicted molar refractivity (Wildman–Crippen MR) is 127 cm³/mol. The van der Waals surface area contributed by atoms with Crippen molar-refractivity contribution >= 4 is 29.1 Å². The molecule has 0 aliphatic rings. The minimum Gasteiger partial charge on any atom is -0.484 e. The topological polar surface area (TPSA) is 106 Å². The van der Waals surface area contributed by atoms with Gasteiger partial charge in [0.2, 0.25) is 17.7 Å². The molecule has 0 saturated carbocycles. The monoisotopic (exact) mass is 494 g/mol. The van der Waals surface area contributed by atoms with E-state index in [1.54, 1.807) is 60.7 Å². The predicted octanol–water partition coefficient (Wildman–Crippen LogP) is 4.41. The van der Waals surface area contributed by atoms with Crippen molar-refractivity contribution in [1.82, 2.24) is 15.5 Å². The van der Waals surface area contributed by atoms with Crippen molar-refractivity contribution < 1.29 is 23.1 Å². The Morgan fingerprint density at radius 2 is 1.74 bits per heavy atom. The third-order valence-electron chi connectivity index (χ3n) is 4.76. The van der Waals surface area contributed by atoms with E-state index in [0.717, 1.165) is 5.56 Å². The number of halogens is 2. The smallest absolute Gasteiger partial charge is 0.254 e. The molecule has 0 unspecified atom stereocenters. The fraction of sp³-hybridized carbons (Fsp3) is 0.120. The summed E-state index contributed by atoms with van der Waals surface area (Å²) in [6.07, 6.45) is 0.145. The summed E-state index contributed by atoms with van der Waals surface area (Å²) >= 11 is 5.83. The maximum atomic E-state index is 13.1. The van der Waals surface area contributed by atoms with Crippen LogP contribution in [-0.2, 0) is 22.6 Å². The molecule has 8 nitrogen and oxygen atoms in total. The lowest BCUT2D eigenvalue weighted by molar-refractivity contribution is -0.123. The van der Waals surface area contributed by atoms with Crippen molar-refractivity contribution in [3.8, 4) is 17.2 Å². The molecule has 2 N–H and O–H groups in total. The molecule has 4 rings (SSSR count). The van der Waals surface area contributed by atoms with Crippen LogP contribution >= 0.6 is 11.6 Å². The molecule has 0 saturated heterocycles. The lowest BCUT2D eigenvalue weighted by Gasteiger charge is -2.09. The zero-order chi connectivity index (χ0) is 24.6. The molecule has 0 atom stereocenters. The van der Waals surface area contributed by atoms with Crippen LogP contribution in [0.2, 0.25) is 5.02 Å². The number of carbonyl (C=O) groups excluding carboxylic acids is 2. The van der Waals surface area contributed by atoms with Gasteiger partial charge in [0.1, 0.15) is 11.6 Å². The average molecular weight is 495 g/mol. The number of benzene rings is 3. The number of nitrogens with one attached hydrogen (secondary N) is 2. The molecular formula is C25H20ClFN4O4. The first-order valence-electron chi connectivity index (χ1n) is 10.6. The molecule has 10 heteroatoms. The third kappa shape index (κ3) is 7.12. The van der Waals surface area contributed by atoms with Crippen molar-refractivity contribution in [3.05, 3.63) is 95.1 Å². The maximum absolute atomic E-state index is 13.1. The third-order valence-corrected chi connectivity index (χ3v) is 5.01. The van der Waals surface area contributed by atoms with Crippen LogP contribution in [0.5, 0.6) is 5.75 Å². The molecule has 0 radical (unpaired) electrons. The van der Waals surface area contributed by atoms with Crippen LogP contribution in [0.4, 0.5) is 10.1 Å². The number of hydrogen-bond acceptors (Lipinski definition) is 6. The molecule has 1 aromatic heterocycles. The Balaban J connectivity index is 1.25. The van der Waals surface area contributed by atoms with Crippen molar-refractivity contribution in [1.29, 1.82) is 0 Å². The van der Waals surface area contributed by atoms with E-state index in [4.69, 9.17) is 20.8 Å². The van der Waals surface area contributed by atoms with Gasteiger partial charge in [-0.15, -0.1) is 10.2 Å². The molecular weight excluding hydrogens is 475 g/mol. The van der Waals surface area contributed by atoms with Crippen LogP contribution < -0.4 is 15.4 Å². The van der Waals surface area contributed by atoms with Gasteiger partial charge in [0.05, 0.1) is 13.0 Å². The van der Waals surface area contributed by atoms with Crippen LogP contribution in [-0.4, -0.2) is 28.6 Å². The molecule has 3 aromatic carbocycles. The quantitative estimate of drug-likeness (QED) is 0.357. The SMILES string of the molecule is O=C(Cc1ccc(Cl)cc1)NCC(=O)Nc1cccc(OCc2nnc(-c3ccc(F)cc3)o2)c1. The van der Waals surface area contributed by atoms with E-state index in [1.165, 1.54) is 12.1 Å². The molecule has 0 bridgehead atoms. The Kier molecular flexibility index (Phi) is 7.69. The molecule has 0 aliphatic carbocycles. The number of hydrogen-bond donors (Lipinski definition) is 2. The number of carbonyl (C=O) groups is 2. The van der Waals surface area contributed by atoms with Gasteiger partial charge in [-0.1, -0.05) is 29.8 Å². The van der Waals surface area contributed by atoms with E-state index in [9.17, 15) is 14.0 Å². The maximum Gasteiger partial charge on any atom is 0.254 e. The number of nitrogens with zero attached hydrogens (tertiary/aromatic N) is 2. The minimum absolute atomic E-state index is 0.00630. The molecule has 0 aliphatic heterocycles. The van der Waals surface area contributed by atoms with Gasteiger partial charge in [0.25, 0.3) is 5.89 Å². The van der Waals surface area contributed by atoms with Crippen LogP contribution in [0.15, 0.2) is 77.2 Å². The molecule has 4 aromatic rings. The van der Waals surface area contributed by atoms with E-state index in [-0.39, 0.29) is 49.0 Å². The first-order valence-corrected chi connectivity index (χ1v) is 10.9. The van der Waals surface area contributed by atoms with Crippen LogP contribution in [0.3, 0.4) is 0 Å². The summed E-state index contributed by atoms with van der Waals surface area (Å²) in [6, 6.07) is 19.4. The summed E-state index contributed by atoms with van der Waals surface area (Å²) in [5.41, 5.74) is 1.88. The Hall–Kier alpha value is -4.24. The molecule has 2 amide bonds.